The van der Waals surface area contributed by atoms with Crippen molar-refractivity contribution >= 4 is 15.7 Å². The molecule has 0 radical (unpaired) electrons. The van der Waals surface area contributed by atoms with Crippen LogP contribution in [0.5, 0.6) is 5.75 Å². The van der Waals surface area contributed by atoms with Crippen molar-refractivity contribution in [3.05, 3.63) is 24.3 Å². The third-order valence-electron chi connectivity index (χ3n) is 1.81. The van der Waals surface area contributed by atoms with E-state index in [0.717, 1.165) is 0 Å². The lowest BCUT2D eigenvalue weighted by atomic mass is 10.3. The summed E-state index contributed by atoms with van der Waals surface area (Å²) in [6.07, 6.45) is 0. The first kappa shape index (κ1) is 13.7. The number of nitrogens with one attached hydrogen (secondary N) is 1. The summed E-state index contributed by atoms with van der Waals surface area (Å²) in [6.45, 7) is -2.92. The average Bonchev–Trinajstić information content (AvgIpc) is 2.18. The Hall–Kier alpha value is -1.41. The van der Waals surface area contributed by atoms with Crippen LogP contribution in [0.25, 0.3) is 0 Å². The highest BCUT2D eigenvalue weighted by Gasteiger charge is 2.09. The van der Waals surface area contributed by atoms with Gasteiger partial charge in [-0.05, 0) is 12.1 Å². The third kappa shape index (κ3) is 5.45. The third-order valence-corrected chi connectivity index (χ3v) is 2.58. The molecule has 0 heterocycles. The minimum absolute atomic E-state index is 0.0163. The van der Waals surface area contributed by atoms with Gasteiger partial charge in [-0.1, -0.05) is 12.1 Å². The van der Waals surface area contributed by atoms with Crippen molar-refractivity contribution < 1.29 is 21.9 Å². The van der Waals surface area contributed by atoms with Gasteiger partial charge in [0.25, 0.3) is 0 Å². The summed E-state index contributed by atoms with van der Waals surface area (Å²) in [5, 5.41) is 7.46. The van der Waals surface area contributed by atoms with E-state index in [0.29, 0.717) is 0 Å². The van der Waals surface area contributed by atoms with E-state index in [1.165, 1.54) is 18.2 Å². The first-order valence-corrected chi connectivity index (χ1v) is 6.38. The molecule has 0 aliphatic carbocycles. The fraction of sp³-hybridized carbons (Fsp3) is 0.333. The quantitative estimate of drug-likeness (QED) is 0.804. The predicted molar refractivity (Wildman–Crippen MR) is 59.5 cm³/mol. The van der Waals surface area contributed by atoms with E-state index in [1.54, 1.807) is 6.07 Å². The average molecular weight is 266 g/mol. The number of primary sulfonamides is 1. The topological polar surface area (TPSA) is 81.4 Å². The van der Waals surface area contributed by atoms with Crippen molar-refractivity contribution in [3.8, 4) is 5.75 Å². The summed E-state index contributed by atoms with van der Waals surface area (Å²) in [4.78, 5) is 0. The fourth-order valence-electron chi connectivity index (χ4n) is 1.14. The number of para-hydroxylation sites is 2. The molecule has 1 aromatic carbocycles. The zero-order valence-electron chi connectivity index (χ0n) is 8.77. The number of ether oxygens (including phenoxy) is 1. The zero-order chi connectivity index (χ0) is 12.9. The second-order valence-corrected chi connectivity index (χ2v) is 4.90. The van der Waals surface area contributed by atoms with E-state index in [9.17, 15) is 17.2 Å². The number of hydrogen-bond donors (Lipinski definition) is 2. The molecule has 0 bridgehead atoms. The summed E-state index contributed by atoms with van der Waals surface area (Å²) in [5.41, 5.74) is 0.288. The molecule has 5 nitrogen and oxygen atoms in total. The maximum Gasteiger partial charge on any atom is 0.387 e. The number of sulfonamides is 1. The molecular weight excluding hydrogens is 254 g/mol. The van der Waals surface area contributed by atoms with Crippen molar-refractivity contribution in [3.63, 3.8) is 0 Å². The molecule has 0 saturated carbocycles. The van der Waals surface area contributed by atoms with Crippen molar-refractivity contribution in [1.29, 1.82) is 0 Å². The molecule has 0 fully saturated rings. The van der Waals surface area contributed by atoms with Gasteiger partial charge in [0.05, 0.1) is 11.4 Å². The molecule has 0 amide bonds. The lowest BCUT2D eigenvalue weighted by Gasteiger charge is -2.11. The second-order valence-electron chi connectivity index (χ2n) is 3.17. The van der Waals surface area contributed by atoms with Gasteiger partial charge in [0.1, 0.15) is 5.75 Å². The summed E-state index contributed by atoms with van der Waals surface area (Å²) in [6, 6.07) is 5.99. The molecule has 8 heteroatoms. The van der Waals surface area contributed by atoms with E-state index in [4.69, 9.17) is 5.14 Å². The first-order chi connectivity index (χ1) is 7.88. The van der Waals surface area contributed by atoms with Crippen molar-refractivity contribution in [1.82, 2.24) is 0 Å². The molecular formula is C9H12F2N2O3S. The SMILES string of the molecule is NS(=O)(=O)CCNc1ccccc1OC(F)F. The van der Waals surface area contributed by atoms with Gasteiger partial charge in [-0.15, -0.1) is 0 Å². The van der Waals surface area contributed by atoms with Crippen molar-refractivity contribution in [2.75, 3.05) is 17.6 Å². The molecule has 0 atom stereocenters. The molecule has 0 unspecified atom stereocenters. The van der Waals surface area contributed by atoms with Crippen LogP contribution in [0, 0.1) is 0 Å². The van der Waals surface area contributed by atoms with Crippen LogP contribution in [0.3, 0.4) is 0 Å². The van der Waals surface area contributed by atoms with Gasteiger partial charge in [0.15, 0.2) is 0 Å². The smallest absolute Gasteiger partial charge is 0.387 e. The van der Waals surface area contributed by atoms with E-state index >= 15 is 0 Å². The van der Waals surface area contributed by atoms with Gasteiger partial charge in [-0.25, -0.2) is 13.6 Å². The van der Waals surface area contributed by atoms with Gasteiger partial charge >= 0.3 is 6.61 Å². The van der Waals surface area contributed by atoms with Crippen LogP contribution < -0.4 is 15.2 Å². The maximum absolute atomic E-state index is 12.0. The molecule has 0 aliphatic heterocycles. The molecule has 96 valence electrons. The predicted octanol–water partition coefficient (Wildman–Crippen LogP) is 0.988. The lowest BCUT2D eigenvalue weighted by Crippen LogP contribution is -2.22. The molecule has 0 saturated heterocycles. The van der Waals surface area contributed by atoms with E-state index in [1.807, 2.05) is 0 Å². The molecule has 1 aromatic rings. The number of hydrogen-bond acceptors (Lipinski definition) is 4. The van der Waals surface area contributed by atoms with E-state index in [-0.39, 0.29) is 23.7 Å². The summed E-state index contributed by atoms with van der Waals surface area (Å²) in [5.74, 6) is -0.340. The van der Waals surface area contributed by atoms with Crippen LogP contribution in [-0.2, 0) is 10.0 Å². The normalized spacial score (nSPS) is 11.5. The highest BCUT2D eigenvalue weighted by molar-refractivity contribution is 7.89. The minimum Gasteiger partial charge on any atom is -0.433 e. The number of anilines is 1. The van der Waals surface area contributed by atoms with Crippen LogP contribution >= 0.6 is 0 Å². The second kappa shape index (κ2) is 5.78. The van der Waals surface area contributed by atoms with Crippen LogP contribution in [0.15, 0.2) is 24.3 Å². The largest absolute Gasteiger partial charge is 0.433 e. The standard InChI is InChI=1S/C9H12F2N2O3S/c10-9(11)16-8-4-2-1-3-7(8)13-5-6-17(12,14)15/h1-4,9,13H,5-6H2,(H2,12,14,15). The van der Waals surface area contributed by atoms with Crippen LogP contribution in [0.4, 0.5) is 14.5 Å². The molecule has 3 N–H and O–H groups in total. The highest BCUT2D eigenvalue weighted by Crippen LogP contribution is 2.25. The van der Waals surface area contributed by atoms with Gasteiger partial charge < -0.3 is 10.1 Å². The maximum atomic E-state index is 12.0. The highest BCUT2D eigenvalue weighted by atomic mass is 32.2. The van der Waals surface area contributed by atoms with Crippen LogP contribution in [0.1, 0.15) is 0 Å². The lowest BCUT2D eigenvalue weighted by molar-refractivity contribution is -0.0493. The van der Waals surface area contributed by atoms with Crippen molar-refractivity contribution in [2.24, 2.45) is 5.14 Å². The Morgan fingerprint density at radius 3 is 2.59 bits per heavy atom. The summed E-state index contributed by atoms with van der Waals surface area (Å²) in [7, 11) is -3.58. The summed E-state index contributed by atoms with van der Waals surface area (Å²) < 4.78 is 49.7. The number of halogens is 2. The first-order valence-electron chi connectivity index (χ1n) is 4.66. The molecule has 0 aromatic heterocycles. The number of nitrogens with two attached hydrogens (primary N) is 1. The Bertz CT molecular complexity index is 465. The van der Waals surface area contributed by atoms with Gasteiger partial charge in [-0.3, -0.25) is 0 Å². The Morgan fingerprint density at radius 2 is 2.00 bits per heavy atom. The fourth-order valence-corrected chi connectivity index (χ4v) is 1.53. The monoisotopic (exact) mass is 266 g/mol. The van der Waals surface area contributed by atoms with E-state index < -0.39 is 16.6 Å². The van der Waals surface area contributed by atoms with Gasteiger partial charge in [0.2, 0.25) is 10.0 Å². The Labute approximate surface area is 97.6 Å². The minimum atomic E-state index is -3.58. The van der Waals surface area contributed by atoms with Gasteiger partial charge in [0, 0.05) is 6.54 Å². The number of benzene rings is 1. The van der Waals surface area contributed by atoms with E-state index in [2.05, 4.69) is 10.1 Å². The van der Waals surface area contributed by atoms with Crippen LogP contribution in [-0.4, -0.2) is 27.3 Å². The zero-order valence-corrected chi connectivity index (χ0v) is 9.58. The van der Waals surface area contributed by atoms with Crippen molar-refractivity contribution in [2.45, 2.75) is 6.61 Å². The molecule has 0 aliphatic rings. The van der Waals surface area contributed by atoms with Crippen LogP contribution in [0.2, 0.25) is 0 Å². The number of alkyl halides is 2. The Morgan fingerprint density at radius 1 is 1.35 bits per heavy atom. The number of rotatable bonds is 6. The summed E-state index contributed by atoms with van der Waals surface area (Å²) >= 11 is 0. The molecule has 17 heavy (non-hydrogen) atoms. The Kier molecular flexibility index (Phi) is 4.64. The Balaban J connectivity index is 2.64. The van der Waals surface area contributed by atoms with Gasteiger partial charge in [-0.2, -0.15) is 8.78 Å². The molecule has 1 rings (SSSR count). The molecule has 0 spiro atoms.